The number of hydrogen-bond donors (Lipinski definition) is 1. The van der Waals surface area contributed by atoms with Crippen molar-refractivity contribution in [1.82, 2.24) is 10.2 Å². The topological polar surface area (TPSA) is 128 Å². The highest BCUT2D eigenvalue weighted by Gasteiger charge is 2.47. The molecule has 1 N–H and O–H groups in total. The highest BCUT2D eigenvalue weighted by Crippen LogP contribution is 2.39. The van der Waals surface area contributed by atoms with Crippen molar-refractivity contribution in [2.45, 2.75) is 24.4 Å². The van der Waals surface area contributed by atoms with Gasteiger partial charge in [0.2, 0.25) is 0 Å². The summed E-state index contributed by atoms with van der Waals surface area (Å²) in [7, 11) is 0. The van der Waals surface area contributed by atoms with Crippen LogP contribution in [0.5, 0.6) is 5.75 Å². The average Bonchev–Trinajstić information content (AvgIpc) is 3.37. The maximum atomic E-state index is 12.8. The van der Waals surface area contributed by atoms with Crippen LogP contribution in [-0.4, -0.2) is 45.6 Å². The first-order valence-electron chi connectivity index (χ1n) is 9.99. The molecule has 10 nitrogen and oxygen atoms in total. The molecule has 0 aromatic heterocycles. The van der Waals surface area contributed by atoms with Gasteiger partial charge < -0.3 is 14.8 Å². The van der Waals surface area contributed by atoms with Crippen molar-refractivity contribution in [3.05, 3.63) is 81.4 Å². The average molecular weight is 469 g/mol. The summed E-state index contributed by atoms with van der Waals surface area (Å²) in [4.78, 5) is 49.2. The maximum absolute atomic E-state index is 12.8. The van der Waals surface area contributed by atoms with Crippen molar-refractivity contribution in [3.8, 4) is 5.75 Å². The number of carbonyl (C=O) groups is 3. The van der Waals surface area contributed by atoms with Crippen molar-refractivity contribution in [1.29, 1.82) is 0 Å². The first-order valence-corrected chi connectivity index (χ1v) is 10.9. The van der Waals surface area contributed by atoms with Crippen molar-refractivity contribution >= 4 is 35.2 Å². The monoisotopic (exact) mass is 469 g/mol. The van der Waals surface area contributed by atoms with Gasteiger partial charge >= 0.3 is 5.97 Å². The van der Waals surface area contributed by atoms with E-state index < -0.39 is 28.7 Å². The molecule has 0 radical (unpaired) electrons. The zero-order chi connectivity index (χ0) is 23.4. The van der Waals surface area contributed by atoms with Crippen LogP contribution in [0.2, 0.25) is 0 Å². The second kappa shape index (κ2) is 9.74. The van der Waals surface area contributed by atoms with Crippen LogP contribution < -0.4 is 10.1 Å². The molecule has 1 fully saturated rings. The molecule has 2 aliphatic heterocycles. The molecule has 2 aromatic rings. The summed E-state index contributed by atoms with van der Waals surface area (Å²) in [6, 6.07) is 13.7. The van der Waals surface area contributed by atoms with Gasteiger partial charge in [-0.25, -0.2) is 4.79 Å². The number of nitro groups is 1. The molecular weight excluding hydrogens is 450 g/mol. The van der Waals surface area contributed by atoms with E-state index in [1.54, 1.807) is 29.7 Å². The van der Waals surface area contributed by atoms with Crippen LogP contribution >= 0.6 is 11.8 Å². The highest BCUT2D eigenvalue weighted by atomic mass is 32.2. The first-order chi connectivity index (χ1) is 15.9. The fraction of sp³-hybridized carbons (Fsp3) is 0.227. The predicted octanol–water partition coefficient (Wildman–Crippen LogP) is 2.35. The lowest BCUT2D eigenvalue weighted by atomic mass is 10.2. The van der Waals surface area contributed by atoms with Crippen LogP contribution in [0, 0.1) is 10.1 Å². The highest BCUT2D eigenvalue weighted by molar-refractivity contribution is 8.03. The van der Waals surface area contributed by atoms with E-state index >= 15 is 0 Å². The maximum Gasteiger partial charge on any atom is 0.355 e. The Kier molecular flexibility index (Phi) is 6.59. The van der Waals surface area contributed by atoms with Gasteiger partial charge in [0.1, 0.15) is 24.1 Å². The van der Waals surface area contributed by atoms with E-state index in [0.717, 1.165) is 0 Å². The van der Waals surface area contributed by atoms with Gasteiger partial charge in [0.05, 0.1) is 10.3 Å². The second-order valence-electron chi connectivity index (χ2n) is 7.26. The third-order valence-electron chi connectivity index (χ3n) is 5.03. The SMILES string of the molecule is O=C(COc1ccccc1)N[C@H]1C[C@H]2SC=C(C(=O)OCc3ccc([N+](=O)[O-])cc3)N2C1=O. The summed E-state index contributed by atoms with van der Waals surface area (Å²) in [6.45, 7) is -0.325. The summed E-state index contributed by atoms with van der Waals surface area (Å²) >= 11 is 1.31. The normalized spacial score (nSPS) is 19.0. The zero-order valence-electron chi connectivity index (χ0n) is 17.2. The van der Waals surface area contributed by atoms with Gasteiger partial charge in [-0.3, -0.25) is 24.6 Å². The van der Waals surface area contributed by atoms with Crippen LogP contribution in [0.25, 0.3) is 0 Å². The number of rotatable bonds is 8. The van der Waals surface area contributed by atoms with Crippen LogP contribution in [0.15, 0.2) is 65.7 Å². The van der Waals surface area contributed by atoms with E-state index in [1.807, 2.05) is 6.07 Å². The fourth-order valence-corrected chi connectivity index (χ4v) is 4.55. The molecule has 4 rings (SSSR count). The lowest BCUT2D eigenvalue weighted by Crippen LogP contribution is -2.43. The van der Waals surface area contributed by atoms with Gasteiger partial charge in [-0.1, -0.05) is 18.2 Å². The smallest absolute Gasteiger partial charge is 0.355 e. The number of thioether (sulfide) groups is 1. The number of para-hydroxylation sites is 1. The zero-order valence-corrected chi connectivity index (χ0v) is 18.0. The van der Waals surface area contributed by atoms with Gasteiger partial charge in [0, 0.05) is 24.0 Å². The third kappa shape index (κ3) is 5.14. The number of nitrogens with one attached hydrogen (secondary N) is 1. The van der Waals surface area contributed by atoms with Crippen LogP contribution in [0.3, 0.4) is 0 Å². The summed E-state index contributed by atoms with van der Waals surface area (Å²) in [5.74, 6) is -0.968. The van der Waals surface area contributed by atoms with Crippen LogP contribution in [0.1, 0.15) is 12.0 Å². The molecule has 2 aliphatic rings. The third-order valence-corrected chi connectivity index (χ3v) is 6.11. The number of non-ortho nitro benzene ring substituents is 1. The van der Waals surface area contributed by atoms with Crippen molar-refractivity contribution < 1.29 is 28.8 Å². The van der Waals surface area contributed by atoms with E-state index in [9.17, 15) is 24.5 Å². The van der Waals surface area contributed by atoms with Gasteiger partial charge in [0.15, 0.2) is 6.61 Å². The van der Waals surface area contributed by atoms with Gasteiger partial charge in [0.25, 0.3) is 17.5 Å². The number of esters is 1. The molecule has 170 valence electrons. The minimum atomic E-state index is -0.763. The summed E-state index contributed by atoms with van der Waals surface area (Å²) < 4.78 is 10.7. The summed E-state index contributed by atoms with van der Waals surface area (Å²) in [5, 5.41) is 14.6. The Morgan fingerprint density at radius 2 is 1.88 bits per heavy atom. The summed E-state index contributed by atoms with van der Waals surface area (Å²) in [5.41, 5.74) is 0.620. The molecule has 2 aromatic carbocycles. The molecule has 2 heterocycles. The van der Waals surface area contributed by atoms with Crippen LogP contribution in [-0.2, 0) is 25.7 Å². The molecule has 11 heteroatoms. The van der Waals surface area contributed by atoms with E-state index in [2.05, 4.69) is 5.32 Å². The van der Waals surface area contributed by atoms with Gasteiger partial charge in [-0.15, -0.1) is 11.8 Å². The van der Waals surface area contributed by atoms with E-state index in [0.29, 0.717) is 17.7 Å². The van der Waals surface area contributed by atoms with Crippen molar-refractivity contribution in [3.63, 3.8) is 0 Å². The molecular formula is C22H19N3O7S. The number of hydrogen-bond acceptors (Lipinski definition) is 8. The molecule has 1 saturated heterocycles. The van der Waals surface area contributed by atoms with E-state index in [1.165, 1.54) is 40.9 Å². The second-order valence-corrected chi connectivity index (χ2v) is 8.31. The molecule has 0 unspecified atom stereocenters. The minimum Gasteiger partial charge on any atom is -0.484 e. The Labute approximate surface area is 192 Å². The number of fused-ring (bicyclic) bond motifs is 1. The Hall–Kier alpha value is -3.86. The Bertz CT molecular complexity index is 1100. The largest absolute Gasteiger partial charge is 0.484 e. The lowest BCUT2D eigenvalue weighted by Gasteiger charge is -2.18. The van der Waals surface area contributed by atoms with Gasteiger partial charge in [-0.05, 0) is 29.8 Å². The standard InChI is InChI=1S/C22H19N3O7S/c26-19(12-31-16-4-2-1-3-5-16)23-17-10-20-24(21(17)27)18(13-33-20)22(28)32-11-14-6-8-15(9-7-14)25(29)30/h1-9,13,17,20H,10-12H2,(H,23,26)/t17-,20+/m0/s1. The van der Waals surface area contributed by atoms with Gasteiger partial charge in [-0.2, -0.15) is 0 Å². The molecule has 2 atom stereocenters. The quantitative estimate of drug-likeness (QED) is 0.354. The Morgan fingerprint density at radius 3 is 2.58 bits per heavy atom. The number of amides is 2. The predicted molar refractivity (Wildman–Crippen MR) is 118 cm³/mol. The Balaban J connectivity index is 1.29. The van der Waals surface area contributed by atoms with Crippen molar-refractivity contribution in [2.75, 3.05) is 6.61 Å². The molecule has 0 bridgehead atoms. The number of ether oxygens (including phenoxy) is 2. The fourth-order valence-electron chi connectivity index (χ4n) is 3.41. The van der Waals surface area contributed by atoms with Crippen molar-refractivity contribution in [2.24, 2.45) is 0 Å². The van der Waals surface area contributed by atoms with E-state index in [-0.39, 0.29) is 30.0 Å². The molecule has 0 saturated carbocycles. The lowest BCUT2D eigenvalue weighted by molar-refractivity contribution is -0.384. The summed E-state index contributed by atoms with van der Waals surface area (Å²) in [6.07, 6.45) is 0.343. The molecule has 2 amide bonds. The molecule has 33 heavy (non-hydrogen) atoms. The molecule has 0 aliphatic carbocycles. The minimum absolute atomic E-state index is 0.0623. The number of carbonyl (C=O) groups excluding carboxylic acids is 3. The number of nitro benzene ring substituents is 1. The van der Waals surface area contributed by atoms with Crippen LogP contribution in [0.4, 0.5) is 5.69 Å². The molecule has 0 spiro atoms. The Morgan fingerprint density at radius 1 is 1.15 bits per heavy atom. The number of benzene rings is 2. The van der Waals surface area contributed by atoms with E-state index in [4.69, 9.17) is 9.47 Å². The number of nitrogens with zero attached hydrogens (tertiary/aromatic N) is 2. The first kappa shape index (κ1) is 22.3.